The number of carbonyl (C=O) groups is 2. The molecule has 0 spiro atoms. The molecule has 1 aliphatic heterocycles. The van der Waals surface area contributed by atoms with E-state index in [0.717, 1.165) is 43.6 Å². The number of nitrogens with zero attached hydrogens (tertiary/aromatic N) is 1. The topological polar surface area (TPSA) is 69.0 Å². The Kier molecular flexibility index (Phi) is 2.97. The van der Waals surface area contributed by atoms with Crippen LogP contribution in [0.2, 0.25) is 0 Å². The maximum absolute atomic E-state index is 13.7. The number of aromatic amines is 2. The first-order valence-corrected chi connectivity index (χ1v) is 10.1. The Morgan fingerprint density at radius 3 is 1.52 bits per heavy atom. The molecule has 5 nitrogen and oxygen atoms in total. The third-order valence-corrected chi connectivity index (χ3v) is 6.26. The number of carbonyl (C=O) groups excluding carboxylic acids is 2. The fraction of sp³-hybridized carbons (Fsp3) is 0. The van der Waals surface area contributed by atoms with Crippen molar-refractivity contribution in [1.29, 1.82) is 0 Å². The Morgan fingerprint density at radius 1 is 0.548 bits per heavy atom. The van der Waals surface area contributed by atoms with Crippen molar-refractivity contribution < 1.29 is 9.59 Å². The number of amides is 2. The van der Waals surface area contributed by atoms with E-state index in [9.17, 15) is 9.59 Å². The largest absolute Gasteiger partial charge is 0.353 e. The first kappa shape index (κ1) is 16.4. The number of imide groups is 1. The predicted molar refractivity (Wildman–Crippen MR) is 123 cm³/mol. The number of para-hydroxylation sites is 3. The molecule has 0 aliphatic carbocycles. The average molecular weight is 401 g/mol. The Balaban J connectivity index is 1.73. The highest BCUT2D eigenvalue weighted by molar-refractivity contribution is 6.45. The van der Waals surface area contributed by atoms with Gasteiger partial charge in [0.05, 0.1) is 27.8 Å². The predicted octanol–water partition coefficient (Wildman–Crippen LogP) is 5.76. The minimum absolute atomic E-state index is 0.284. The van der Waals surface area contributed by atoms with E-state index >= 15 is 0 Å². The summed E-state index contributed by atoms with van der Waals surface area (Å²) in [6, 6.07) is 24.9. The van der Waals surface area contributed by atoms with Crippen LogP contribution < -0.4 is 4.90 Å². The average Bonchev–Trinajstić information content (AvgIpc) is 3.44. The molecule has 0 saturated heterocycles. The van der Waals surface area contributed by atoms with Crippen LogP contribution in [-0.4, -0.2) is 21.8 Å². The van der Waals surface area contributed by atoms with E-state index in [4.69, 9.17) is 0 Å². The maximum Gasteiger partial charge on any atom is 0.266 e. The van der Waals surface area contributed by atoms with Gasteiger partial charge in [0.2, 0.25) is 0 Å². The number of hydrogen-bond donors (Lipinski definition) is 2. The summed E-state index contributed by atoms with van der Waals surface area (Å²) in [6.07, 6.45) is 0. The van der Waals surface area contributed by atoms with E-state index in [1.165, 1.54) is 4.90 Å². The van der Waals surface area contributed by atoms with Crippen LogP contribution in [0.5, 0.6) is 0 Å². The maximum atomic E-state index is 13.7. The number of aromatic nitrogens is 2. The minimum atomic E-state index is -0.284. The summed E-state index contributed by atoms with van der Waals surface area (Å²) >= 11 is 0. The van der Waals surface area contributed by atoms with Crippen molar-refractivity contribution in [3.63, 3.8) is 0 Å². The molecule has 0 radical (unpaired) electrons. The Hall–Kier alpha value is -4.38. The van der Waals surface area contributed by atoms with Crippen molar-refractivity contribution in [3.8, 4) is 0 Å². The molecule has 0 bridgehead atoms. The summed E-state index contributed by atoms with van der Waals surface area (Å²) < 4.78 is 0. The van der Waals surface area contributed by atoms with Gasteiger partial charge in [-0.25, -0.2) is 4.90 Å². The van der Waals surface area contributed by atoms with Crippen molar-refractivity contribution in [2.45, 2.75) is 0 Å². The van der Waals surface area contributed by atoms with Crippen molar-refractivity contribution in [2.75, 3.05) is 4.90 Å². The van der Waals surface area contributed by atoms with E-state index in [0.29, 0.717) is 16.8 Å². The van der Waals surface area contributed by atoms with Gasteiger partial charge in [-0.3, -0.25) is 9.59 Å². The van der Waals surface area contributed by atoms with Gasteiger partial charge in [0.1, 0.15) is 0 Å². The number of rotatable bonds is 1. The number of nitrogens with one attached hydrogen (secondary N) is 2. The summed E-state index contributed by atoms with van der Waals surface area (Å²) in [5.41, 5.74) is 5.09. The number of H-pyrrole nitrogens is 2. The fourth-order valence-corrected chi connectivity index (χ4v) is 4.98. The van der Waals surface area contributed by atoms with Gasteiger partial charge in [-0.05, 0) is 24.3 Å². The zero-order valence-electron chi connectivity index (χ0n) is 16.3. The lowest BCUT2D eigenvalue weighted by Gasteiger charge is -2.13. The molecule has 7 rings (SSSR count). The van der Waals surface area contributed by atoms with Gasteiger partial charge in [-0.15, -0.1) is 0 Å². The highest BCUT2D eigenvalue weighted by atomic mass is 16.2. The van der Waals surface area contributed by atoms with E-state index in [1.807, 2.05) is 66.7 Å². The van der Waals surface area contributed by atoms with Crippen LogP contribution in [0.15, 0.2) is 78.9 Å². The molecule has 0 atom stereocenters. The van der Waals surface area contributed by atoms with Gasteiger partial charge in [0, 0.05) is 32.6 Å². The Morgan fingerprint density at radius 2 is 1.00 bits per heavy atom. The van der Waals surface area contributed by atoms with E-state index < -0.39 is 0 Å². The molecule has 0 fully saturated rings. The number of fused-ring (bicyclic) bond motifs is 10. The molecular formula is C26H15N3O2. The SMILES string of the molecule is O=C1c2c(c3c4ccccc4[nH]c3c3[nH]c4ccccc4c23)C(=O)N1c1ccccc1. The van der Waals surface area contributed by atoms with Gasteiger partial charge in [0.15, 0.2) is 0 Å². The van der Waals surface area contributed by atoms with Crippen molar-refractivity contribution in [3.05, 3.63) is 90.0 Å². The van der Waals surface area contributed by atoms with Gasteiger partial charge < -0.3 is 9.97 Å². The van der Waals surface area contributed by atoms with E-state index in [-0.39, 0.29) is 11.8 Å². The van der Waals surface area contributed by atoms with Gasteiger partial charge in [-0.1, -0.05) is 54.6 Å². The van der Waals surface area contributed by atoms with Crippen LogP contribution in [0.1, 0.15) is 20.7 Å². The third kappa shape index (κ3) is 1.95. The lowest BCUT2D eigenvalue weighted by molar-refractivity contribution is 0.0927. The van der Waals surface area contributed by atoms with Gasteiger partial charge in [0.25, 0.3) is 11.8 Å². The van der Waals surface area contributed by atoms with Gasteiger partial charge >= 0.3 is 0 Å². The first-order valence-electron chi connectivity index (χ1n) is 10.1. The normalized spacial score (nSPS) is 13.9. The Bertz CT molecular complexity index is 1610. The molecule has 6 aromatic rings. The second-order valence-corrected chi connectivity index (χ2v) is 7.87. The number of hydrogen-bond acceptors (Lipinski definition) is 2. The highest BCUT2D eigenvalue weighted by Gasteiger charge is 2.41. The summed E-state index contributed by atoms with van der Waals surface area (Å²) in [5.74, 6) is -0.568. The van der Waals surface area contributed by atoms with E-state index in [2.05, 4.69) is 9.97 Å². The summed E-state index contributed by atoms with van der Waals surface area (Å²) in [7, 11) is 0. The third-order valence-electron chi connectivity index (χ3n) is 6.26. The number of anilines is 1. The molecule has 2 aromatic heterocycles. The monoisotopic (exact) mass is 401 g/mol. The molecular weight excluding hydrogens is 386 g/mol. The molecule has 3 heterocycles. The lowest BCUT2D eigenvalue weighted by atomic mass is 9.97. The van der Waals surface area contributed by atoms with Crippen LogP contribution in [0.25, 0.3) is 43.6 Å². The van der Waals surface area contributed by atoms with Crippen LogP contribution in [0.3, 0.4) is 0 Å². The first-order chi connectivity index (χ1) is 15.2. The zero-order chi connectivity index (χ0) is 20.7. The molecule has 5 heteroatoms. The summed E-state index contributed by atoms with van der Waals surface area (Å²) in [6.45, 7) is 0. The van der Waals surface area contributed by atoms with Crippen molar-refractivity contribution in [1.82, 2.24) is 9.97 Å². The molecule has 2 amide bonds. The van der Waals surface area contributed by atoms with Crippen LogP contribution in [0.4, 0.5) is 5.69 Å². The molecule has 31 heavy (non-hydrogen) atoms. The molecule has 146 valence electrons. The zero-order valence-corrected chi connectivity index (χ0v) is 16.3. The standard InChI is InChI=1S/C26H15N3O2/c30-25-21-19-15-10-4-6-12-17(15)27-23(19)24-20(16-11-5-7-13-18(16)28-24)22(21)26(31)29(25)14-8-2-1-3-9-14/h1-13,27-28H. The fourth-order valence-electron chi connectivity index (χ4n) is 4.98. The highest BCUT2D eigenvalue weighted by Crippen LogP contribution is 2.44. The van der Waals surface area contributed by atoms with Crippen molar-refractivity contribution >= 4 is 61.1 Å². The smallest absolute Gasteiger partial charge is 0.266 e. The second-order valence-electron chi connectivity index (χ2n) is 7.87. The van der Waals surface area contributed by atoms with Crippen molar-refractivity contribution in [2.24, 2.45) is 0 Å². The van der Waals surface area contributed by atoms with Crippen LogP contribution in [0, 0.1) is 0 Å². The molecule has 0 unspecified atom stereocenters. The molecule has 1 aliphatic rings. The van der Waals surface area contributed by atoms with Crippen LogP contribution in [-0.2, 0) is 0 Å². The second kappa shape index (κ2) is 5.61. The number of benzene rings is 4. The Labute approximate surface area is 175 Å². The van der Waals surface area contributed by atoms with Gasteiger partial charge in [-0.2, -0.15) is 0 Å². The molecule has 2 N–H and O–H groups in total. The van der Waals surface area contributed by atoms with E-state index in [1.54, 1.807) is 12.1 Å². The molecule has 4 aromatic carbocycles. The quantitative estimate of drug-likeness (QED) is 0.344. The summed E-state index contributed by atoms with van der Waals surface area (Å²) in [4.78, 5) is 35.8. The lowest BCUT2D eigenvalue weighted by Crippen LogP contribution is -2.29. The minimum Gasteiger partial charge on any atom is -0.353 e. The van der Waals surface area contributed by atoms with Crippen LogP contribution >= 0.6 is 0 Å². The summed E-state index contributed by atoms with van der Waals surface area (Å²) in [5, 5.41) is 3.46. The molecule has 0 saturated carbocycles.